The predicted molar refractivity (Wildman–Crippen MR) is 100 cm³/mol. The van der Waals surface area contributed by atoms with E-state index >= 15 is 0 Å². The van der Waals surface area contributed by atoms with Gasteiger partial charge in [-0.2, -0.15) is 0 Å². The van der Waals surface area contributed by atoms with Crippen LogP contribution in [0.15, 0.2) is 50.2 Å². The number of rotatable bonds is 6. The van der Waals surface area contributed by atoms with Crippen molar-refractivity contribution in [2.45, 2.75) is 35.4 Å². The number of nitro groups is 1. The van der Waals surface area contributed by atoms with Crippen molar-refractivity contribution in [3.63, 3.8) is 0 Å². The molecule has 1 aliphatic rings. The first-order valence-electron chi connectivity index (χ1n) is 7.70. The van der Waals surface area contributed by atoms with Gasteiger partial charge < -0.3 is 4.57 Å². The van der Waals surface area contributed by atoms with Gasteiger partial charge in [-0.1, -0.05) is 22.0 Å². The van der Waals surface area contributed by atoms with Gasteiger partial charge in [-0.15, -0.1) is 21.5 Å². The van der Waals surface area contributed by atoms with Crippen LogP contribution in [0.3, 0.4) is 0 Å². The number of thiophene rings is 1. The molecule has 1 saturated carbocycles. The molecule has 1 fully saturated rings. The Morgan fingerprint density at radius 3 is 2.88 bits per heavy atom. The highest BCUT2D eigenvalue weighted by molar-refractivity contribution is 9.10. The highest BCUT2D eigenvalue weighted by Crippen LogP contribution is 2.42. The van der Waals surface area contributed by atoms with E-state index in [1.165, 1.54) is 22.7 Å². The number of halogens is 1. The Kier molecular flexibility index (Phi) is 4.61. The lowest BCUT2D eigenvalue weighted by molar-refractivity contribution is -0.387. The number of nitro benzene ring substituents is 1. The summed E-state index contributed by atoms with van der Waals surface area (Å²) in [6.45, 7) is 0. The number of hydrogen-bond acceptors (Lipinski definition) is 6. The molecule has 128 valence electrons. The predicted octanol–water partition coefficient (Wildman–Crippen LogP) is 5.09. The summed E-state index contributed by atoms with van der Waals surface area (Å²) < 4.78 is 2.83. The third-order valence-electron chi connectivity index (χ3n) is 3.88. The molecule has 0 amide bonds. The van der Waals surface area contributed by atoms with Gasteiger partial charge in [-0.3, -0.25) is 10.1 Å². The van der Waals surface area contributed by atoms with Crippen molar-refractivity contribution in [3.05, 3.63) is 61.0 Å². The van der Waals surface area contributed by atoms with E-state index in [2.05, 4.69) is 36.8 Å². The van der Waals surface area contributed by atoms with Crippen LogP contribution in [0.4, 0.5) is 5.69 Å². The molecule has 9 heteroatoms. The van der Waals surface area contributed by atoms with E-state index in [-0.39, 0.29) is 10.6 Å². The molecule has 2 heterocycles. The quantitative estimate of drug-likeness (QED) is 0.397. The Morgan fingerprint density at radius 1 is 1.36 bits per heavy atom. The van der Waals surface area contributed by atoms with Crippen molar-refractivity contribution < 1.29 is 4.92 Å². The van der Waals surface area contributed by atoms with Crippen molar-refractivity contribution in [1.82, 2.24) is 14.8 Å². The molecule has 0 aliphatic heterocycles. The maximum absolute atomic E-state index is 11.3. The van der Waals surface area contributed by atoms with Crippen LogP contribution in [0.5, 0.6) is 0 Å². The van der Waals surface area contributed by atoms with Crippen molar-refractivity contribution in [3.8, 4) is 0 Å². The van der Waals surface area contributed by atoms with Crippen LogP contribution in [0.1, 0.15) is 29.6 Å². The smallest absolute Gasteiger partial charge is 0.284 e. The molecule has 2 aromatic heterocycles. The largest absolute Gasteiger partial charge is 0.302 e. The molecular formula is C16H13BrN4O2S2. The molecule has 0 saturated heterocycles. The second-order valence-corrected chi connectivity index (χ2v) is 8.68. The third-order valence-corrected chi connectivity index (χ3v) is 6.27. The molecule has 1 aromatic carbocycles. The standard InChI is InChI=1S/C16H13BrN4O2S2/c17-10-3-6-14(13(8-10)21(22)23)25-16-19-18-15(20(16)11-4-5-11)9-12-2-1-7-24-12/h1-3,6-8,11H,4-5,9H2. The second-order valence-electron chi connectivity index (χ2n) is 5.73. The lowest BCUT2D eigenvalue weighted by Crippen LogP contribution is -2.03. The lowest BCUT2D eigenvalue weighted by atomic mass is 10.3. The highest BCUT2D eigenvalue weighted by atomic mass is 79.9. The van der Waals surface area contributed by atoms with Gasteiger partial charge in [0.2, 0.25) is 0 Å². The van der Waals surface area contributed by atoms with Crippen molar-refractivity contribution in [2.24, 2.45) is 0 Å². The Bertz CT molecular complexity index is 922. The third kappa shape index (κ3) is 3.63. The maximum Gasteiger partial charge on any atom is 0.284 e. The normalized spacial score (nSPS) is 14.0. The van der Waals surface area contributed by atoms with Crippen LogP contribution in [0.25, 0.3) is 0 Å². The molecule has 3 aromatic rings. The monoisotopic (exact) mass is 436 g/mol. The zero-order chi connectivity index (χ0) is 17.4. The van der Waals surface area contributed by atoms with Gasteiger partial charge in [-0.05, 0) is 48.2 Å². The molecule has 1 aliphatic carbocycles. The Balaban J connectivity index is 1.67. The topological polar surface area (TPSA) is 73.8 Å². The van der Waals surface area contributed by atoms with Crippen LogP contribution in [0.2, 0.25) is 0 Å². The average molecular weight is 437 g/mol. The van der Waals surface area contributed by atoms with E-state index in [0.29, 0.717) is 15.4 Å². The van der Waals surface area contributed by atoms with Gasteiger partial charge in [0, 0.05) is 27.9 Å². The highest BCUT2D eigenvalue weighted by Gasteiger charge is 2.30. The fourth-order valence-electron chi connectivity index (χ4n) is 2.58. The van der Waals surface area contributed by atoms with Gasteiger partial charge in [0.25, 0.3) is 5.69 Å². The average Bonchev–Trinajstić information content (AvgIpc) is 3.14. The Labute approximate surface area is 160 Å². The second kappa shape index (κ2) is 6.89. The molecule has 6 nitrogen and oxygen atoms in total. The van der Waals surface area contributed by atoms with E-state index < -0.39 is 0 Å². The minimum absolute atomic E-state index is 0.0736. The van der Waals surface area contributed by atoms with Crippen LogP contribution in [0, 0.1) is 10.1 Å². The summed E-state index contributed by atoms with van der Waals surface area (Å²) in [5, 5.41) is 22.8. The summed E-state index contributed by atoms with van der Waals surface area (Å²) in [7, 11) is 0. The van der Waals surface area contributed by atoms with Crippen molar-refractivity contribution in [2.75, 3.05) is 0 Å². The molecule has 25 heavy (non-hydrogen) atoms. The van der Waals surface area contributed by atoms with Gasteiger partial charge in [0.15, 0.2) is 5.16 Å². The summed E-state index contributed by atoms with van der Waals surface area (Å²) in [5.41, 5.74) is 0.0736. The first kappa shape index (κ1) is 16.7. The summed E-state index contributed by atoms with van der Waals surface area (Å²) >= 11 is 6.30. The number of nitrogens with zero attached hydrogens (tertiary/aromatic N) is 4. The first-order chi connectivity index (χ1) is 12.1. The van der Waals surface area contributed by atoms with Gasteiger partial charge in [0.1, 0.15) is 5.82 Å². The molecule has 0 atom stereocenters. The van der Waals surface area contributed by atoms with Gasteiger partial charge in [0.05, 0.1) is 9.82 Å². The zero-order valence-electron chi connectivity index (χ0n) is 13.0. The zero-order valence-corrected chi connectivity index (χ0v) is 16.2. The summed E-state index contributed by atoms with van der Waals surface area (Å²) in [6.07, 6.45) is 2.95. The lowest BCUT2D eigenvalue weighted by Gasteiger charge is -2.08. The van der Waals surface area contributed by atoms with Crippen LogP contribution >= 0.6 is 39.0 Å². The molecule has 0 bridgehead atoms. The minimum atomic E-state index is -0.364. The summed E-state index contributed by atoms with van der Waals surface area (Å²) in [4.78, 5) is 12.8. The van der Waals surface area contributed by atoms with E-state index in [0.717, 1.165) is 30.2 Å². The number of benzene rings is 1. The Hall–Kier alpha value is -1.71. The fourth-order valence-corrected chi connectivity index (χ4v) is 4.64. The van der Waals surface area contributed by atoms with Crippen molar-refractivity contribution in [1.29, 1.82) is 0 Å². The fraction of sp³-hybridized carbons (Fsp3) is 0.250. The van der Waals surface area contributed by atoms with Gasteiger partial charge >= 0.3 is 0 Å². The van der Waals surface area contributed by atoms with E-state index in [1.54, 1.807) is 23.5 Å². The van der Waals surface area contributed by atoms with Gasteiger partial charge in [-0.25, -0.2) is 0 Å². The number of aromatic nitrogens is 3. The van der Waals surface area contributed by atoms with Crippen molar-refractivity contribution >= 4 is 44.7 Å². The van der Waals surface area contributed by atoms with Crippen LogP contribution in [-0.2, 0) is 6.42 Å². The van der Waals surface area contributed by atoms with E-state index in [4.69, 9.17) is 0 Å². The molecule has 4 rings (SSSR count). The maximum atomic E-state index is 11.3. The molecule has 0 radical (unpaired) electrons. The summed E-state index contributed by atoms with van der Waals surface area (Å²) in [5.74, 6) is 0.923. The Morgan fingerprint density at radius 2 is 2.20 bits per heavy atom. The molecule has 0 spiro atoms. The molecule has 0 unspecified atom stereocenters. The van der Waals surface area contributed by atoms with Crippen LogP contribution in [-0.4, -0.2) is 19.7 Å². The van der Waals surface area contributed by atoms with E-state index in [9.17, 15) is 10.1 Å². The van der Waals surface area contributed by atoms with Crippen LogP contribution < -0.4 is 0 Å². The SMILES string of the molecule is O=[N+]([O-])c1cc(Br)ccc1Sc1nnc(Cc2cccs2)n1C1CC1. The number of hydrogen-bond donors (Lipinski definition) is 0. The summed E-state index contributed by atoms with van der Waals surface area (Å²) in [6, 6.07) is 9.59. The molecule has 0 N–H and O–H groups in total. The molecular weight excluding hydrogens is 424 g/mol. The minimum Gasteiger partial charge on any atom is -0.302 e. The first-order valence-corrected chi connectivity index (χ1v) is 10.2. The van der Waals surface area contributed by atoms with E-state index in [1.807, 2.05) is 11.4 Å².